The van der Waals surface area contributed by atoms with Gasteiger partial charge in [-0.05, 0) is 48.7 Å². The van der Waals surface area contributed by atoms with Crippen molar-refractivity contribution in [2.75, 3.05) is 6.61 Å². The van der Waals surface area contributed by atoms with Crippen LogP contribution in [0.2, 0.25) is 10.0 Å². The summed E-state index contributed by atoms with van der Waals surface area (Å²) in [5.74, 6) is 0.977. The minimum atomic E-state index is -0.242. The Morgan fingerprint density at radius 2 is 2.00 bits per heavy atom. The third kappa shape index (κ3) is 6.29. The number of halogens is 2. The molecule has 0 bridgehead atoms. The maximum absolute atomic E-state index is 11.0. The van der Waals surface area contributed by atoms with Crippen molar-refractivity contribution < 1.29 is 14.3 Å². The summed E-state index contributed by atoms with van der Waals surface area (Å²) in [5, 5.41) is 4.88. The Labute approximate surface area is 174 Å². The van der Waals surface area contributed by atoms with Crippen LogP contribution in [-0.2, 0) is 17.8 Å². The molecule has 28 heavy (non-hydrogen) atoms. The number of ether oxygens (including phenoxy) is 2. The lowest BCUT2D eigenvalue weighted by Gasteiger charge is -2.17. The van der Waals surface area contributed by atoms with E-state index >= 15 is 0 Å². The van der Waals surface area contributed by atoms with Gasteiger partial charge in [-0.15, -0.1) is 6.58 Å². The number of rotatable bonds is 9. The van der Waals surface area contributed by atoms with Crippen molar-refractivity contribution in [3.63, 3.8) is 0 Å². The molecule has 0 heterocycles. The molecule has 0 aromatic heterocycles. The second-order valence-corrected chi connectivity index (χ2v) is 6.71. The fraction of sp³-hybridized carbons (Fsp3) is 0.238. The van der Waals surface area contributed by atoms with Crippen LogP contribution in [0, 0.1) is 0 Å². The molecule has 148 valence electrons. The Hall–Kier alpha value is -2.50. The van der Waals surface area contributed by atoms with Crippen molar-refractivity contribution in [2.45, 2.75) is 26.9 Å². The van der Waals surface area contributed by atoms with Gasteiger partial charge in [0.15, 0.2) is 11.5 Å². The van der Waals surface area contributed by atoms with Gasteiger partial charge < -0.3 is 9.47 Å². The number of carbonyl (C=O) groups excluding carboxylic acids is 1. The van der Waals surface area contributed by atoms with Gasteiger partial charge in [0, 0.05) is 12.5 Å². The van der Waals surface area contributed by atoms with E-state index in [0.29, 0.717) is 41.2 Å². The highest BCUT2D eigenvalue weighted by molar-refractivity contribution is 6.42. The van der Waals surface area contributed by atoms with Crippen LogP contribution in [-0.4, -0.2) is 18.7 Å². The second-order valence-electron chi connectivity index (χ2n) is 5.90. The highest BCUT2D eigenvalue weighted by Gasteiger charge is 2.13. The van der Waals surface area contributed by atoms with Gasteiger partial charge in [0.25, 0.3) is 0 Å². The Balaban J connectivity index is 2.33. The van der Waals surface area contributed by atoms with E-state index in [1.54, 1.807) is 24.4 Å². The topological polar surface area (TPSA) is 59.9 Å². The number of nitrogens with one attached hydrogen (secondary N) is 1. The average molecular weight is 421 g/mol. The van der Waals surface area contributed by atoms with Crippen molar-refractivity contribution in [3.8, 4) is 11.5 Å². The van der Waals surface area contributed by atoms with Gasteiger partial charge in [0.2, 0.25) is 5.91 Å². The number of amides is 1. The molecule has 0 aliphatic rings. The number of hydrazone groups is 1. The third-order valence-corrected chi connectivity index (χ3v) is 4.36. The quantitative estimate of drug-likeness (QED) is 0.345. The molecule has 2 aromatic rings. The minimum absolute atomic E-state index is 0.242. The first-order valence-electron chi connectivity index (χ1n) is 8.71. The number of carbonyl (C=O) groups is 1. The maximum Gasteiger partial charge on any atom is 0.236 e. The molecule has 2 aromatic carbocycles. The Bertz CT molecular complexity index is 882. The molecular weight excluding hydrogens is 399 g/mol. The van der Waals surface area contributed by atoms with Crippen LogP contribution in [0.4, 0.5) is 0 Å². The molecule has 0 atom stereocenters. The summed E-state index contributed by atoms with van der Waals surface area (Å²) >= 11 is 12.0. The summed E-state index contributed by atoms with van der Waals surface area (Å²) in [4.78, 5) is 11.0. The number of allylic oxidation sites excluding steroid dienone is 1. The fourth-order valence-corrected chi connectivity index (χ4v) is 2.80. The number of hydrogen-bond donors (Lipinski definition) is 1. The zero-order chi connectivity index (χ0) is 20.5. The molecule has 0 aliphatic carbocycles. The number of nitrogens with zero attached hydrogens (tertiary/aromatic N) is 1. The van der Waals surface area contributed by atoms with E-state index in [1.165, 1.54) is 6.92 Å². The van der Waals surface area contributed by atoms with Crippen molar-refractivity contribution in [2.24, 2.45) is 5.10 Å². The van der Waals surface area contributed by atoms with E-state index in [4.69, 9.17) is 32.7 Å². The normalized spacial score (nSPS) is 10.7. The Morgan fingerprint density at radius 3 is 2.64 bits per heavy atom. The maximum atomic E-state index is 11.0. The number of benzene rings is 2. The Kier molecular flexibility index (Phi) is 8.36. The summed E-state index contributed by atoms with van der Waals surface area (Å²) < 4.78 is 11.8. The monoisotopic (exact) mass is 420 g/mol. The summed E-state index contributed by atoms with van der Waals surface area (Å²) in [6.07, 6.45) is 3.92. The summed E-state index contributed by atoms with van der Waals surface area (Å²) in [5.41, 5.74) is 4.94. The molecule has 0 saturated heterocycles. The Morgan fingerprint density at radius 1 is 1.21 bits per heavy atom. The molecule has 1 amide bonds. The van der Waals surface area contributed by atoms with Crippen molar-refractivity contribution >= 4 is 35.3 Å². The molecular formula is C21H22Cl2N2O3. The zero-order valence-corrected chi connectivity index (χ0v) is 17.3. The summed E-state index contributed by atoms with van der Waals surface area (Å²) in [7, 11) is 0. The van der Waals surface area contributed by atoms with E-state index in [0.717, 1.165) is 16.7 Å². The van der Waals surface area contributed by atoms with Gasteiger partial charge >= 0.3 is 0 Å². The average Bonchev–Trinajstić information content (AvgIpc) is 2.64. The van der Waals surface area contributed by atoms with E-state index < -0.39 is 0 Å². The van der Waals surface area contributed by atoms with Gasteiger partial charge in [-0.25, -0.2) is 5.43 Å². The van der Waals surface area contributed by atoms with Crippen molar-refractivity contribution in [1.82, 2.24) is 5.43 Å². The molecule has 0 spiro atoms. The van der Waals surface area contributed by atoms with Crippen LogP contribution in [0.25, 0.3) is 0 Å². The van der Waals surface area contributed by atoms with E-state index in [1.807, 2.05) is 25.1 Å². The van der Waals surface area contributed by atoms with Gasteiger partial charge in [0.05, 0.1) is 22.9 Å². The predicted octanol–water partition coefficient (Wildman–Crippen LogP) is 5.17. The first-order chi connectivity index (χ1) is 13.4. The van der Waals surface area contributed by atoms with Crippen LogP contribution >= 0.6 is 23.2 Å². The summed E-state index contributed by atoms with van der Waals surface area (Å²) in [6, 6.07) is 9.09. The van der Waals surface area contributed by atoms with Crippen LogP contribution in [0.3, 0.4) is 0 Å². The fourth-order valence-electron chi connectivity index (χ4n) is 2.47. The molecule has 0 aliphatic heterocycles. The molecule has 0 unspecified atom stereocenters. The molecule has 0 saturated carbocycles. The van der Waals surface area contributed by atoms with Crippen molar-refractivity contribution in [1.29, 1.82) is 0 Å². The van der Waals surface area contributed by atoms with Gasteiger partial charge in [0.1, 0.15) is 6.61 Å². The van der Waals surface area contributed by atoms with E-state index in [-0.39, 0.29) is 5.91 Å². The standard InChI is InChI=1S/C21H22Cl2N2O3/c1-4-6-17-9-16(12-24-25-14(3)26)11-20(27-5-2)21(17)28-13-15-7-8-18(22)19(23)10-15/h4,7-12H,1,5-6,13H2,2-3H3,(H,25,26)/b24-12-. The smallest absolute Gasteiger partial charge is 0.236 e. The van der Waals surface area contributed by atoms with Crippen molar-refractivity contribution in [3.05, 3.63) is 69.7 Å². The van der Waals surface area contributed by atoms with Gasteiger partial charge in [-0.3, -0.25) is 4.79 Å². The van der Waals surface area contributed by atoms with Gasteiger partial charge in [-0.1, -0.05) is 35.3 Å². The molecule has 2 rings (SSSR count). The number of hydrogen-bond acceptors (Lipinski definition) is 4. The molecule has 0 fully saturated rings. The molecule has 7 heteroatoms. The van der Waals surface area contributed by atoms with Gasteiger partial charge in [-0.2, -0.15) is 5.10 Å². The highest BCUT2D eigenvalue weighted by atomic mass is 35.5. The SMILES string of the molecule is C=CCc1cc(/C=N\NC(C)=O)cc(OCC)c1OCc1ccc(Cl)c(Cl)c1. The first kappa shape index (κ1) is 21.8. The van der Waals surface area contributed by atoms with Crippen LogP contribution in [0.1, 0.15) is 30.5 Å². The second kappa shape index (κ2) is 10.7. The summed E-state index contributed by atoms with van der Waals surface area (Å²) in [6.45, 7) is 7.88. The zero-order valence-electron chi connectivity index (χ0n) is 15.8. The first-order valence-corrected chi connectivity index (χ1v) is 9.47. The van der Waals surface area contributed by atoms with Crippen LogP contribution in [0.15, 0.2) is 48.1 Å². The van der Waals surface area contributed by atoms with Crippen LogP contribution < -0.4 is 14.9 Å². The minimum Gasteiger partial charge on any atom is -0.490 e. The third-order valence-electron chi connectivity index (χ3n) is 3.62. The van der Waals surface area contributed by atoms with Crippen LogP contribution in [0.5, 0.6) is 11.5 Å². The lowest BCUT2D eigenvalue weighted by atomic mass is 10.1. The highest BCUT2D eigenvalue weighted by Crippen LogP contribution is 2.34. The largest absolute Gasteiger partial charge is 0.490 e. The molecule has 1 N–H and O–H groups in total. The lowest BCUT2D eigenvalue weighted by molar-refractivity contribution is -0.118. The lowest BCUT2D eigenvalue weighted by Crippen LogP contribution is -2.12. The predicted molar refractivity (Wildman–Crippen MR) is 114 cm³/mol. The van der Waals surface area contributed by atoms with E-state index in [9.17, 15) is 4.79 Å². The molecule has 5 nitrogen and oxygen atoms in total. The molecule has 0 radical (unpaired) electrons. The van der Waals surface area contributed by atoms with E-state index in [2.05, 4.69) is 17.1 Å².